The van der Waals surface area contributed by atoms with E-state index < -0.39 is 10.9 Å². The number of benzene rings is 1. The van der Waals surface area contributed by atoms with Gasteiger partial charge in [0.05, 0.1) is 10.5 Å². The molecule has 0 bridgehead atoms. The van der Waals surface area contributed by atoms with E-state index >= 15 is 0 Å². The molecule has 100 valence electrons. The van der Waals surface area contributed by atoms with Gasteiger partial charge in [0.15, 0.2) is 5.78 Å². The van der Waals surface area contributed by atoms with E-state index in [9.17, 15) is 19.7 Å². The maximum Gasteiger partial charge on any atom is 0.366 e. The molecule has 0 radical (unpaired) electrons. The van der Waals surface area contributed by atoms with Crippen LogP contribution in [-0.2, 0) is 9.63 Å². The highest BCUT2D eigenvalue weighted by atomic mass is 16.7. The minimum Gasteiger partial charge on any atom is -0.312 e. The summed E-state index contributed by atoms with van der Waals surface area (Å²) in [7, 11) is 0. The molecule has 0 unspecified atom stereocenters. The highest BCUT2D eigenvalue weighted by Gasteiger charge is 2.13. The Morgan fingerprint density at radius 1 is 1.20 bits per heavy atom. The molecule has 0 aliphatic heterocycles. The average Bonchev–Trinajstić information content (AvgIpc) is 2.46. The first-order valence-corrected chi connectivity index (χ1v) is 5.50. The van der Waals surface area contributed by atoms with Crippen LogP contribution in [0.25, 0.3) is 0 Å². The van der Waals surface area contributed by atoms with Crippen LogP contribution in [-0.4, -0.2) is 22.4 Å². The number of nitro groups is 1. The Bertz CT molecular complexity index is 655. The van der Waals surface area contributed by atoms with E-state index in [0.717, 1.165) is 6.07 Å². The molecular formula is C13H8N2O5. The maximum atomic E-state index is 11.7. The minimum atomic E-state index is -0.820. The van der Waals surface area contributed by atoms with E-state index in [1.165, 1.54) is 42.5 Å². The minimum absolute atomic E-state index is 0.0170. The lowest BCUT2D eigenvalue weighted by molar-refractivity contribution is -0.384. The smallest absolute Gasteiger partial charge is 0.312 e. The number of rotatable bonds is 3. The molecule has 0 heterocycles. The van der Waals surface area contributed by atoms with Crippen molar-refractivity contribution in [3.63, 3.8) is 0 Å². The van der Waals surface area contributed by atoms with Gasteiger partial charge >= 0.3 is 5.97 Å². The fourth-order valence-electron chi connectivity index (χ4n) is 1.40. The van der Waals surface area contributed by atoms with Crippen molar-refractivity contribution in [1.82, 2.24) is 0 Å². The lowest BCUT2D eigenvalue weighted by Gasteiger charge is -2.00. The largest absolute Gasteiger partial charge is 0.366 e. The van der Waals surface area contributed by atoms with E-state index in [0.29, 0.717) is 5.71 Å². The highest BCUT2D eigenvalue weighted by Crippen LogP contribution is 2.14. The predicted molar refractivity (Wildman–Crippen MR) is 69.2 cm³/mol. The molecule has 0 fully saturated rings. The predicted octanol–water partition coefficient (Wildman–Crippen LogP) is 1.80. The van der Waals surface area contributed by atoms with E-state index in [1.54, 1.807) is 0 Å². The molecule has 7 heteroatoms. The van der Waals surface area contributed by atoms with Gasteiger partial charge in [0.25, 0.3) is 5.69 Å². The summed E-state index contributed by atoms with van der Waals surface area (Å²) in [6, 6.07) is 5.12. The number of oxime groups is 1. The third-order valence-corrected chi connectivity index (χ3v) is 2.36. The van der Waals surface area contributed by atoms with Crippen LogP contribution in [0.2, 0.25) is 0 Å². The zero-order valence-electron chi connectivity index (χ0n) is 10.1. The molecule has 0 spiro atoms. The van der Waals surface area contributed by atoms with Gasteiger partial charge in [-0.1, -0.05) is 11.2 Å². The van der Waals surface area contributed by atoms with E-state index in [2.05, 4.69) is 9.99 Å². The number of nitrogens with zero attached hydrogens (tertiary/aromatic N) is 2. The number of nitro benzene ring substituents is 1. The molecule has 0 saturated heterocycles. The SMILES string of the molecule is O=C1C=CC(=NOC(=O)c2cccc([N+](=O)[O-])c2)C=C1. The number of allylic oxidation sites excluding steroid dienone is 4. The number of non-ortho nitro benzene ring substituents is 1. The zero-order valence-corrected chi connectivity index (χ0v) is 10.1. The molecule has 7 nitrogen and oxygen atoms in total. The standard InChI is InChI=1S/C13H8N2O5/c16-12-6-4-10(5-7-12)14-20-13(17)9-2-1-3-11(8-9)15(18)19/h1-8H. The van der Waals surface area contributed by atoms with Gasteiger partial charge < -0.3 is 4.84 Å². The number of ketones is 1. The van der Waals surface area contributed by atoms with Gasteiger partial charge in [0.2, 0.25) is 0 Å². The molecule has 0 N–H and O–H groups in total. The molecule has 0 saturated carbocycles. The first-order valence-electron chi connectivity index (χ1n) is 5.50. The van der Waals surface area contributed by atoms with Crippen molar-refractivity contribution in [3.8, 4) is 0 Å². The van der Waals surface area contributed by atoms with Gasteiger partial charge in [0, 0.05) is 12.1 Å². The number of carbonyl (C=O) groups excluding carboxylic acids is 2. The fourth-order valence-corrected chi connectivity index (χ4v) is 1.40. The third-order valence-electron chi connectivity index (χ3n) is 2.36. The molecule has 0 amide bonds. The fraction of sp³-hybridized carbons (Fsp3) is 0. The van der Waals surface area contributed by atoms with Crippen LogP contribution < -0.4 is 0 Å². The molecule has 1 aromatic rings. The monoisotopic (exact) mass is 272 g/mol. The third kappa shape index (κ3) is 3.22. The van der Waals surface area contributed by atoms with Crippen LogP contribution in [0.1, 0.15) is 10.4 Å². The summed E-state index contributed by atoms with van der Waals surface area (Å²) in [5.74, 6) is -1.01. The second-order valence-corrected chi connectivity index (χ2v) is 3.77. The Hall–Kier alpha value is -3.09. The molecular weight excluding hydrogens is 264 g/mol. The molecule has 2 rings (SSSR count). The van der Waals surface area contributed by atoms with Crippen molar-refractivity contribution in [1.29, 1.82) is 0 Å². The van der Waals surface area contributed by atoms with Crippen LogP contribution >= 0.6 is 0 Å². The van der Waals surface area contributed by atoms with Gasteiger partial charge in [0.1, 0.15) is 5.71 Å². The molecule has 1 aliphatic rings. The second-order valence-electron chi connectivity index (χ2n) is 3.77. The number of hydrogen-bond acceptors (Lipinski definition) is 6. The molecule has 1 aliphatic carbocycles. The summed E-state index contributed by atoms with van der Waals surface area (Å²) in [6.07, 6.45) is 5.34. The quantitative estimate of drug-likeness (QED) is 0.361. The summed E-state index contributed by atoms with van der Waals surface area (Å²) < 4.78 is 0. The number of hydrogen-bond donors (Lipinski definition) is 0. The van der Waals surface area contributed by atoms with Crippen molar-refractivity contribution in [2.45, 2.75) is 0 Å². The van der Waals surface area contributed by atoms with Gasteiger partial charge in [-0.05, 0) is 30.4 Å². The highest BCUT2D eigenvalue weighted by molar-refractivity contribution is 6.16. The van der Waals surface area contributed by atoms with Crippen LogP contribution in [0, 0.1) is 10.1 Å². The van der Waals surface area contributed by atoms with Crippen LogP contribution in [0.15, 0.2) is 53.7 Å². The molecule has 0 atom stereocenters. The van der Waals surface area contributed by atoms with Gasteiger partial charge in [-0.25, -0.2) is 4.79 Å². The Labute approximate surface area is 113 Å². The van der Waals surface area contributed by atoms with E-state index in [1.807, 2.05) is 0 Å². The Balaban J connectivity index is 2.09. The van der Waals surface area contributed by atoms with Crippen LogP contribution in [0.4, 0.5) is 5.69 Å². The summed E-state index contributed by atoms with van der Waals surface area (Å²) in [6.45, 7) is 0. The Kier molecular flexibility index (Phi) is 3.80. The first kappa shape index (κ1) is 13.3. The van der Waals surface area contributed by atoms with Crippen molar-refractivity contribution in [3.05, 3.63) is 64.2 Å². The van der Waals surface area contributed by atoms with Gasteiger partial charge in [-0.3, -0.25) is 14.9 Å². The number of carbonyl (C=O) groups is 2. The maximum absolute atomic E-state index is 11.7. The summed E-state index contributed by atoms with van der Waals surface area (Å²) in [5.41, 5.74) is 0.0990. The van der Waals surface area contributed by atoms with E-state index in [4.69, 9.17) is 0 Å². The topological polar surface area (TPSA) is 98.9 Å². The van der Waals surface area contributed by atoms with Crippen molar-refractivity contribution < 1.29 is 19.3 Å². The second kappa shape index (κ2) is 5.70. The normalized spacial score (nSPS) is 13.2. The van der Waals surface area contributed by atoms with Gasteiger partial charge in [-0.15, -0.1) is 0 Å². The van der Waals surface area contributed by atoms with Crippen LogP contribution in [0.5, 0.6) is 0 Å². The summed E-state index contributed by atoms with van der Waals surface area (Å²) in [5, 5.41) is 14.1. The molecule has 20 heavy (non-hydrogen) atoms. The summed E-state index contributed by atoms with van der Waals surface area (Å²) >= 11 is 0. The van der Waals surface area contributed by atoms with Crippen molar-refractivity contribution in [2.24, 2.45) is 5.16 Å². The van der Waals surface area contributed by atoms with Gasteiger partial charge in [-0.2, -0.15) is 0 Å². The first-order chi connectivity index (χ1) is 9.56. The molecule has 0 aromatic heterocycles. The lowest BCUT2D eigenvalue weighted by Crippen LogP contribution is -2.05. The average molecular weight is 272 g/mol. The Morgan fingerprint density at radius 2 is 1.90 bits per heavy atom. The molecule has 1 aromatic carbocycles. The van der Waals surface area contributed by atoms with E-state index in [-0.39, 0.29) is 17.0 Å². The summed E-state index contributed by atoms with van der Waals surface area (Å²) in [4.78, 5) is 37.2. The lowest BCUT2D eigenvalue weighted by atomic mass is 10.2. The van der Waals surface area contributed by atoms with Crippen molar-refractivity contribution >= 4 is 23.2 Å². The Morgan fingerprint density at radius 3 is 2.55 bits per heavy atom. The van der Waals surface area contributed by atoms with Crippen LogP contribution in [0.3, 0.4) is 0 Å². The zero-order chi connectivity index (χ0) is 14.5. The van der Waals surface area contributed by atoms with Crippen molar-refractivity contribution in [2.75, 3.05) is 0 Å².